The Morgan fingerprint density at radius 2 is 2.14 bits per heavy atom. The number of piperidine rings is 1. The van der Waals surface area contributed by atoms with Gasteiger partial charge in [-0.1, -0.05) is 6.07 Å². The van der Waals surface area contributed by atoms with Crippen molar-refractivity contribution in [1.29, 1.82) is 0 Å². The maximum atomic E-state index is 13.4. The number of aromatic nitrogens is 1. The molecule has 8 heteroatoms. The molecule has 3 aromatic rings. The van der Waals surface area contributed by atoms with Gasteiger partial charge in [0.25, 0.3) is 0 Å². The van der Waals surface area contributed by atoms with Crippen LogP contribution < -0.4 is 4.74 Å². The summed E-state index contributed by atoms with van der Waals surface area (Å²) in [6.45, 7) is 2.07. The summed E-state index contributed by atoms with van der Waals surface area (Å²) in [5.41, 5.74) is 1.57. The lowest BCUT2D eigenvalue weighted by Crippen LogP contribution is -2.44. The Hall–Kier alpha value is -2.68. The van der Waals surface area contributed by atoms with Gasteiger partial charge in [-0.3, -0.25) is 9.78 Å². The van der Waals surface area contributed by atoms with Gasteiger partial charge in [-0.2, -0.15) is 0 Å². The number of aliphatic hydroxyl groups is 1. The van der Waals surface area contributed by atoms with Gasteiger partial charge in [-0.05, 0) is 79.8 Å². The number of hydrogen-bond donors (Lipinski definition) is 2. The van der Waals surface area contributed by atoms with E-state index in [-0.39, 0.29) is 11.7 Å². The third-order valence-electron chi connectivity index (χ3n) is 6.78. The maximum absolute atomic E-state index is 13.4. The van der Waals surface area contributed by atoms with E-state index in [1.54, 1.807) is 31.1 Å². The molecule has 2 heterocycles. The maximum Gasteiger partial charge on any atom is 0.308 e. The molecule has 1 saturated heterocycles. The largest absolute Gasteiger partial charge is 0.497 e. The van der Waals surface area contributed by atoms with Crippen molar-refractivity contribution in [1.82, 2.24) is 9.88 Å². The molecule has 1 aromatic heterocycles. The fourth-order valence-electron chi connectivity index (χ4n) is 4.84. The molecule has 2 aromatic carbocycles. The van der Waals surface area contributed by atoms with Gasteiger partial charge in [-0.15, -0.1) is 11.8 Å². The van der Waals surface area contributed by atoms with Crippen LogP contribution in [0.3, 0.4) is 0 Å². The van der Waals surface area contributed by atoms with Crippen LogP contribution in [0.25, 0.3) is 10.9 Å². The monoisotopic (exact) mass is 498 g/mol. The van der Waals surface area contributed by atoms with Crippen molar-refractivity contribution in [2.24, 2.45) is 11.8 Å². The average molecular weight is 499 g/mol. The van der Waals surface area contributed by atoms with Gasteiger partial charge in [0, 0.05) is 35.3 Å². The van der Waals surface area contributed by atoms with E-state index in [1.165, 1.54) is 12.1 Å². The fraction of sp³-hybridized carbons (Fsp3) is 0.407. The van der Waals surface area contributed by atoms with E-state index in [0.29, 0.717) is 25.1 Å². The number of carboxylic acid groups (broad SMARTS) is 1. The van der Waals surface area contributed by atoms with Crippen LogP contribution in [-0.4, -0.2) is 58.6 Å². The highest BCUT2D eigenvalue weighted by atomic mass is 32.2. The zero-order valence-electron chi connectivity index (χ0n) is 19.8. The number of hydrogen-bond acceptors (Lipinski definition) is 6. The first-order chi connectivity index (χ1) is 16.9. The van der Waals surface area contributed by atoms with E-state index < -0.39 is 18.0 Å². The Morgan fingerprint density at radius 1 is 1.29 bits per heavy atom. The smallest absolute Gasteiger partial charge is 0.308 e. The van der Waals surface area contributed by atoms with Crippen LogP contribution in [0, 0.1) is 17.7 Å². The van der Waals surface area contributed by atoms with Crippen molar-refractivity contribution in [3.05, 3.63) is 66.1 Å². The number of aliphatic carboxylic acids is 1. The van der Waals surface area contributed by atoms with Crippen molar-refractivity contribution < 1.29 is 24.1 Å². The van der Waals surface area contributed by atoms with E-state index >= 15 is 0 Å². The SMILES string of the molecule is COc1ccc2nccc(C(O)CCC3CCN(CCSc4cccc(F)c4)CC3C(=O)O)c2c1. The summed E-state index contributed by atoms with van der Waals surface area (Å²) in [5, 5.41) is 21.7. The van der Waals surface area contributed by atoms with Gasteiger partial charge >= 0.3 is 5.97 Å². The molecule has 0 aliphatic carbocycles. The van der Waals surface area contributed by atoms with Crippen LogP contribution in [0.5, 0.6) is 5.75 Å². The number of fused-ring (bicyclic) bond motifs is 1. The first-order valence-corrected chi connectivity index (χ1v) is 12.9. The first-order valence-electron chi connectivity index (χ1n) is 11.9. The normalized spacial score (nSPS) is 19.5. The number of pyridine rings is 1. The quantitative estimate of drug-likeness (QED) is 0.380. The molecule has 186 valence electrons. The summed E-state index contributed by atoms with van der Waals surface area (Å²) in [4.78, 5) is 19.5. The summed E-state index contributed by atoms with van der Waals surface area (Å²) < 4.78 is 18.7. The molecular weight excluding hydrogens is 467 g/mol. The van der Waals surface area contributed by atoms with Gasteiger partial charge in [0.2, 0.25) is 0 Å². The highest BCUT2D eigenvalue weighted by Crippen LogP contribution is 2.34. The van der Waals surface area contributed by atoms with Crippen molar-refractivity contribution >= 4 is 28.6 Å². The number of carboxylic acids is 1. The van der Waals surface area contributed by atoms with Crippen molar-refractivity contribution in [2.75, 3.05) is 32.5 Å². The Morgan fingerprint density at radius 3 is 2.91 bits per heavy atom. The molecule has 3 unspecified atom stereocenters. The van der Waals surface area contributed by atoms with Crippen LogP contribution in [0.1, 0.15) is 30.9 Å². The number of methoxy groups -OCH3 is 1. The molecule has 1 aliphatic heterocycles. The molecule has 35 heavy (non-hydrogen) atoms. The first kappa shape index (κ1) is 25.4. The number of benzene rings is 2. The molecule has 6 nitrogen and oxygen atoms in total. The Labute approximate surface area is 209 Å². The zero-order valence-corrected chi connectivity index (χ0v) is 20.6. The number of nitrogens with zero attached hydrogens (tertiary/aromatic N) is 2. The molecule has 0 saturated carbocycles. The van der Waals surface area contributed by atoms with Crippen LogP contribution in [-0.2, 0) is 4.79 Å². The fourth-order valence-corrected chi connectivity index (χ4v) is 5.79. The summed E-state index contributed by atoms with van der Waals surface area (Å²) in [6, 6.07) is 13.9. The highest BCUT2D eigenvalue weighted by molar-refractivity contribution is 7.99. The van der Waals surface area contributed by atoms with Crippen LogP contribution in [0.4, 0.5) is 4.39 Å². The molecule has 0 radical (unpaired) electrons. The van der Waals surface area contributed by atoms with Crippen molar-refractivity contribution in [3.63, 3.8) is 0 Å². The van der Waals surface area contributed by atoms with Crippen molar-refractivity contribution in [3.8, 4) is 5.75 Å². The summed E-state index contributed by atoms with van der Waals surface area (Å²) >= 11 is 1.58. The number of thioether (sulfide) groups is 1. The summed E-state index contributed by atoms with van der Waals surface area (Å²) in [7, 11) is 1.60. The standard InChI is InChI=1S/C27H31FN2O4S/c1-34-20-6-7-25-23(16-20)22(9-11-29-25)26(31)8-5-18-10-12-30(17-24(18)27(32)33)13-14-35-21-4-2-3-19(28)15-21/h2-4,6-7,9,11,15-16,18,24,26,31H,5,8,10,12-14,17H2,1H3,(H,32,33). The Kier molecular flexibility index (Phi) is 8.59. The number of aliphatic hydroxyl groups excluding tert-OH is 1. The van der Waals surface area contributed by atoms with E-state index in [1.807, 2.05) is 30.3 Å². The van der Waals surface area contributed by atoms with E-state index in [0.717, 1.165) is 46.6 Å². The lowest BCUT2D eigenvalue weighted by atomic mass is 9.81. The number of ether oxygens (including phenoxy) is 1. The third-order valence-corrected chi connectivity index (χ3v) is 7.76. The topological polar surface area (TPSA) is 82.9 Å². The summed E-state index contributed by atoms with van der Waals surface area (Å²) in [5.74, 6) is -0.0133. The highest BCUT2D eigenvalue weighted by Gasteiger charge is 2.34. The Bertz CT molecular complexity index is 1160. The second-order valence-electron chi connectivity index (χ2n) is 8.98. The lowest BCUT2D eigenvalue weighted by molar-refractivity contribution is -0.146. The molecule has 0 amide bonds. The molecule has 1 aliphatic rings. The molecule has 0 bridgehead atoms. The number of halogens is 1. The summed E-state index contributed by atoms with van der Waals surface area (Å²) in [6.07, 6.45) is 2.88. The number of carbonyl (C=O) groups is 1. The molecule has 1 fully saturated rings. The van der Waals surface area contributed by atoms with Gasteiger partial charge in [0.1, 0.15) is 11.6 Å². The second-order valence-corrected chi connectivity index (χ2v) is 10.1. The minimum absolute atomic E-state index is 0.0110. The van der Waals surface area contributed by atoms with Crippen LogP contribution in [0.15, 0.2) is 59.6 Å². The molecular formula is C27H31FN2O4S. The van der Waals surface area contributed by atoms with Crippen molar-refractivity contribution in [2.45, 2.75) is 30.3 Å². The molecule has 2 N–H and O–H groups in total. The van der Waals surface area contributed by atoms with E-state index in [9.17, 15) is 19.4 Å². The molecule has 4 rings (SSSR count). The minimum Gasteiger partial charge on any atom is -0.497 e. The van der Waals surface area contributed by atoms with Gasteiger partial charge in [0.05, 0.1) is 24.6 Å². The average Bonchev–Trinajstić information content (AvgIpc) is 2.87. The third kappa shape index (κ3) is 6.51. The van der Waals surface area contributed by atoms with E-state index in [2.05, 4.69) is 9.88 Å². The van der Waals surface area contributed by atoms with Gasteiger partial charge < -0.3 is 19.8 Å². The van der Waals surface area contributed by atoms with Crippen LogP contribution in [0.2, 0.25) is 0 Å². The molecule has 0 spiro atoms. The van der Waals surface area contributed by atoms with E-state index in [4.69, 9.17) is 4.74 Å². The predicted molar refractivity (Wildman–Crippen MR) is 135 cm³/mol. The predicted octanol–water partition coefficient (Wildman–Crippen LogP) is 5.01. The van der Waals surface area contributed by atoms with Gasteiger partial charge in [-0.25, -0.2) is 4.39 Å². The second kappa shape index (κ2) is 11.8. The minimum atomic E-state index is -0.786. The number of likely N-dealkylation sites (tertiary alicyclic amines) is 1. The Balaban J connectivity index is 1.33. The lowest BCUT2D eigenvalue weighted by Gasteiger charge is -2.37. The van der Waals surface area contributed by atoms with Crippen LogP contribution >= 0.6 is 11.8 Å². The zero-order chi connectivity index (χ0) is 24.8. The molecule has 3 atom stereocenters. The number of rotatable bonds is 10. The van der Waals surface area contributed by atoms with Gasteiger partial charge in [0.15, 0.2) is 0 Å².